The molecule has 0 fully saturated rings. The van der Waals surface area contributed by atoms with Gasteiger partial charge in [-0.3, -0.25) is 4.79 Å². The highest BCUT2D eigenvalue weighted by atomic mass is 16.1. The van der Waals surface area contributed by atoms with Crippen molar-refractivity contribution >= 4 is 17.2 Å². The summed E-state index contributed by atoms with van der Waals surface area (Å²) in [4.78, 5) is 11.3. The zero-order valence-electron chi connectivity index (χ0n) is 21.1. The third-order valence-electron chi connectivity index (χ3n) is 6.26. The van der Waals surface area contributed by atoms with Gasteiger partial charge in [-0.05, 0) is 83.5 Å². The number of carbonyl (C=O) groups is 1. The van der Waals surface area contributed by atoms with Crippen LogP contribution in [0, 0.1) is 0 Å². The van der Waals surface area contributed by atoms with Gasteiger partial charge in [-0.25, -0.2) is 0 Å². The summed E-state index contributed by atoms with van der Waals surface area (Å²) >= 11 is 0. The van der Waals surface area contributed by atoms with E-state index in [1.807, 2.05) is 60.7 Å². The number of nitrogens with two attached hydrogens (primary N) is 2. The molecule has 3 nitrogen and oxygen atoms in total. The van der Waals surface area contributed by atoms with E-state index in [4.69, 9.17) is 11.5 Å². The zero-order valence-corrected chi connectivity index (χ0v) is 21.1. The molecule has 0 saturated heterocycles. The summed E-state index contributed by atoms with van der Waals surface area (Å²) < 4.78 is 0. The first kappa shape index (κ1) is 25.5. The van der Waals surface area contributed by atoms with Gasteiger partial charge in [0.25, 0.3) is 0 Å². The van der Waals surface area contributed by atoms with Crippen molar-refractivity contribution in [2.24, 2.45) is 0 Å². The van der Waals surface area contributed by atoms with Crippen LogP contribution in [0.3, 0.4) is 0 Å². The minimum Gasteiger partial charge on any atom is -0.399 e. The Morgan fingerprint density at radius 2 is 0.973 bits per heavy atom. The topological polar surface area (TPSA) is 69.1 Å². The molecule has 37 heavy (non-hydrogen) atoms. The van der Waals surface area contributed by atoms with Crippen LogP contribution in [0.4, 0.5) is 11.4 Å². The van der Waals surface area contributed by atoms with Crippen molar-refractivity contribution in [2.75, 3.05) is 11.5 Å². The SMILES string of the molecule is CC(=O)c1cccc(-c2ccc(N)cc2)c1.Nc1ccc(-c2ccc(CCc3ccccc3)cc2)cc1. The molecule has 4 N–H and O–H groups in total. The lowest BCUT2D eigenvalue weighted by Gasteiger charge is -2.05. The number of carbonyl (C=O) groups excluding carboxylic acids is 1. The Balaban J connectivity index is 0.000000180. The fourth-order valence-electron chi connectivity index (χ4n) is 4.07. The van der Waals surface area contributed by atoms with Gasteiger partial charge in [0.15, 0.2) is 5.78 Å². The number of Topliss-reactive ketones (excluding diaryl/α,β-unsaturated/α-hetero) is 1. The number of hydrogen-bond donors (Lipinski definition) is 2. The lowest BCUT2D eigenvalue weighted by Crippen LogP contribution is -1.91. The van der Waals surface area contributed by atoms with Gasteiger partial charge in [0.2, 0.25) is 0 Å². The molecule has 0 aliphatic heterocycles. The summed E-state index contributed by atoms with van der Waals surface area (Å²) in [6, 6.07) is 42.7. The first-order chi connectivity index (χ1) is 18.0. The molecule has 0 amide bonds. The molecule has 0 saturated carbocycles. The molecular formula is C34H32N2O. The molecule has 0 aliphatic carbocycles. The smallest absolute Gasteiger partial charge is 0.159 e. The number of aryl methyl sites for hydroxylation is 2. The van der Waals surface area contributed by atoms with Crippen molar-refractivity contribution in [1.29, 1.82) is 0 Å². The van der Waals surface area contributed by atoms with Gasteiger partial charge in [0.1, 0.15) is 0 Å². The molecule has 0 unspecified atom stereocenters. The molecule has 5 aromatic carbocycles. The van der Waals surface area contributed by atoms with Crippen LogP contribution < -0.4 is 11.5 Å². The molecule has 0 aromatic heterocycles. The lowest BCUT2D eigenvalue weighted by molar-refractivity contribution is 0.101. The summed E-state index contributed by atoms with van der Waals surface area (Å²) in [7, 11) is 0. The summed E-state index contributed by atoms with van der Waals surface area (Å²) in [5.41, 5.74) is 20.9. The van der Waals surface area contributed by atoms with Crippen molar-refractivity contribution in [3.05, 3.63) is 144 Å². The van der Waals surface area contributed by atoms with Crippen molar-refractivity contribution in [3.8, 4) is 22.3 Å². The zero-order chi connectivity index (χ0) is 26.0. The Morgan fingerprint density at radius 3 is 1.49 bits per heavy atom. The number of nitrogen functional groups attached to an aromatic ring is 2. The monoisotopic (exact) mass is 484 g/mol. The van der Waals surface area contributed by atoms with Crippen LogP contribution in [0.1, 0.15) is 28.4 Å². The summed E-state index contributed by atoms with van der Waals surface area (Å²) in [5, 5.41) is 0. The molecule has 0 bridgehead atoms. The minimum absolute atomic E-state index is 0.0808. The van der Waals surface area contributed by atoms with E-state index in [1.165, 1.54) is 22.3 Å². The van der Waals surface area contributed by atoms with E-state index in [2.05, 4.69) is 66.7 Å². The Hall–Kier alpha value is -4.63. The van der Waals surface area contributed by atoms with E-state index in [9.17, 15) is 4.79 Å². The highest BCUT2D eigenvalue weighted by Gasteiger charge is 2.02. The Bertz CT molecular complexity index is 1420. The number of benzene rings is 5. The van der Waals surface area contributed by atoms with Crippen LogP contribution in [-0.4, -0.2) is 5.78 Å². The summed E-state index contributed by atoms with van der Waals surface area (Å²) in [6.07, 6.45) is 2.16. The molecule has 5 aromatic rings. The standard InChI is InChI=1S/C20H19N.C14H13NO/c21-20-14-12-19(13-15-20)18-10-8-17(9-11-18)7-6-16-4-2-1-3-5-16;1-10(16)12-3-2-4-13(9-12)11-5-7-14(15)8-6-11/h1-5,8-15H,6-7,21H2;2-9H,15H2,1H3. The summed E-state index contributed by atoms with van der Waals surface area (Å²) in [6.45, 7) is 1.57. The first-order valence-electron chi connectivity index (χ1n) is 12.4. The van der Waals surface area contributed by atoms with Crippen LogP contribution in [0.2, 0.25) is 0 Å². The molecule has 0 aliphatic rings. The third kappa shape index (κ3) is 7.42. The van der Waals surface area contributed by atoms with Crippen LogP contribution in [0.5, 0.6) is 0 Å². The highest BCUT2D eigenvalue weighted by molar-refractivity contribution is 5.95. The average molecular weight is 485 g/mol. The molecule has 184 valence electrons. The largest absolute Gasteiger partial charge is 0.399 e. The Morgan fingerprint density at radius 1 is 0.514 bits per heavy atom. The van der Waals surface area contributed by atoms with Crippen molar-refractivity contribution < 1.29 is 4.79 Å². The van der Waals surface area contributed by atoms with E-state index < -0.39 is 0 Å². The maximum Gasteiger partial charge on any atom is 0.159 e. The number of ketones is 1. The van der Waals surface area contributed by atoms with Crippen LogP contribution >= 0.6 is 0 Å². The second-order valence-corrected chi connectivity index (χ2v) is 9.06. The number of anilines is 2. The van der Waals surface area contributed by atoms with Crippen molar-refractivity contribution in [2.45, 2.75) is 19.8 Å². The van der Waals surface area contributed by atoms with Gasteiger partial charge < -0.3 is 11.5 Å². The fraction of sp³-hybridized carbons (Fsp3) is 0.0882. The minimum atomic E-state index is 0.0808. The summed E-state index contributed by atoms with van der Waals surface area (Å²) in [5.74, 6) is 0.0808. The third-order valence-corrected chi connectivity index (χ3v) is 6.26. The molecule has 0 spiro atoms. The van der Waals surface area contributed by atoms with Crippen LogP contribution in [-0.2, 0) is 12.8 Å². The maximum atomic E-state index is 11.3. The van der Waals surface area contributed by atoms with E-state index in [1.54, 1.807) is 6.92 Å². The second-order valence-electron chi connectivity index (χ2n) is 9.06. The molecule has 0 heterocycles. The van der Waals surface area contributed by atoms with Gasteiger partial charge in [0, 0.05) is 16.9 Å². The predicted molar refractivity (Wildman–Crippen MR) is 156 cm³/mol. The van der Waals surface area contributed by atoms with E-state index in [0.29, 0.717) is 0 Å². The molecule has 0 atom stereocenters. The molecule has 5 rings (SSSR count). The van der Waals surface area contributed by atoms with E-state index >= 15 is 0 Å². The predicted octanol–water partition coefficient (Wildman–Crippen LogP) is 7.86. The van der Waals surface area contributed by atoms with Crippen LogP contribution in [0.25, 0.3) is 22.3 Å². The maximum absolute atomic E-state index is 11.3. The van der Waals surface area contributed by atoms with Gasteiger partial charge in [-0.15, -0.1) is 0 Å². The van der Waals surface area contributed by atoms with E-state index in [-0.39, 0.29) is 5.78 Å². The molecular weight excluding hydrogens is 452 g/mol. The first-order valence-corrected chi connectivity index (χ1v) is 12.4. The molecule has 0 radical (unpaired) electrons. The second kappa shape index (κ2) is 12.4. The normalized spacial score (nSPS) is 10.3. The number of hydrogen-bond acceptors (Lipinski definition) is 3. The Labute approximate surface area is 219 Å². The van der Waals surface area contributed by atoms with Gasteiger partial charge in [-0.1, -0.05) is 97.1 Å². The van der Waals surface area contributed by atoms with Crippen LogP contribution in [0.15, 0.2) is 127 Å². The number of rotatable bonds is 6. The van der Waals surface area contributed by atoms with Gasteiger partial charge in [0.05, 0.1) is 0 Å². The highest BCUT2D eigenvalue weighted by Crippen LogP contribution is 2.22. The van der Waals surface area contributed by atoms with Gasteiger partial charge in [-0.2, -0.15) is 0 Å². The fourth-order valence-corrected chi connectivity index (χ4v) is 4.07. The lowest BCUT2D eigenvalue weighted by atomic mass is 10.0. The average Bonchev–Trinajstić information content (AvgIpc) is 2.94. The molecule has 3 heteroatoms. The quantitative estimate of drug-likeness (QED) is 0.190. The Kier molecular flexibility index (Phi) is 8.51. The van der Waals surface area contributed by atoms with E-state index in [0.717, 1.165) is 40.9 Å². The van der Waals surface area contributed by atoms with Crippen molar-refractivity contribution in [3.63, 3.8) is 0 Å². The van der Waals surface area contributed by atoms with Gasteiger partial charge >= 0.3 is 0 Å². The van der Waals surface area contributed by atoms with Crippen molar-refractivity contribution in [1.82, 2.24) is 0 Å².